The first-order valence-corrected chi connectivity index (χ1v) is 10.2. The van der Waals surface area contributed by atoms with Crippen molar-refractivity contribution in [3.05, 3.63) is 95.8 Å². The van der Waals surface area contributed by atoms with E-state index in [1.165, 1.54) is 0 Å². The van der Waals surface area contributed by atoms with Gasteiger partial charge in [-0.25, -0.2) is 0 Å². The fourth-order valence-corrected chi connectivity index (χ4v) is 3.22. The average molecular weight is 418 g/mol. The maximum Gasteiger partial charge on any atom is 0.242 e. The van der Waals surface area contributed by atoms with Crippen molar-refractivity contribution in [2.45, 2.75) is 32.5 Å². The molecule has 0 aliphatic heterocycles. The highest BCUT2D eigenvalue weighted by Gasteiger charge is 2.26. The Morgan fingerprint density at radius 3 is 2.32 bits per heavy atom. The molecule has 2 amide bonds. The topological polar surface area (TPSA) is 71.5 Å². The van der Waals surface area contributed by atoms with E-state index < -0.39 is 6.04 Å². The summed E-state index contributed by atoms with van der Waals surface area (Å²) in [7, 11) is 1.61. The minimum Gasteiger partial charge on any atom is -0.497 e. The molecule has 0 aliphatic rings. The summed E-state index contributed by atoms with van der Waals surface area (Å²) in [5, 5.41) is 2.91. The van der Waals surface area contributed by atoms with Crippen LogP contribution in [0.4, 0.5) is 0 Å². The maximum atomic E-state index is 13.2. The maximum absolute atomic E-state index is 13.2. The molecule has 0 fully saturated rings. The number of amides is 2. The molecular weight excluding hydrogens is 390 g/mol. The Labute approximate surface area is 182 Å². The van der Waals surface area contributed by atoms with Crippen LogP contribution in [-0.2, 0) is 29.1 Å². The third-order valence-corrected chi connectivity index (χ3v) is 5.07. The molecule has 0 bridgehead atoms. The Bertz CT molecular complexity index is 976. The molecule has 3 aromatic rings. The molecular formula is C25H27N3O3. The number of benzene rings is 2. The Balaban J connectivity index is 1.73. The van der Waals surface area contributed by atoms with E-state index >= 15 is 0 Å². The first-order chi connectivity index (χ1) is 15.1. The third-order valence-electron chi connectivity index (χ3n) is 5.07. The lowest BCUT2D eigenvalue weighted by Gasteiger charge is -2.29. The second-order valence-corrected chi connectivity index (χ2v) is 7.29. The Hall–Kier alpha value is -3.67. The third kappa shape index (κ3) is 6.40. The van der Waals surface area contributed by atoms with Crippen molar-refractivity contribution < 1.29 is 14.3 Å². The van der Waals surface area contributed by atoms with Crippen molar-refractivity contribution in [1.29, 1.82) is 0 Å². The fourth-order valence-electron chi connectivity index (χ4n) is 3.22. The van der Waals surface area contributed by atoms with Gasteiger partial charge in [-0.05, 0) is 41.8 Å². The van der Waals surface area contributed by atoms with Crippen molar-refractivity contribution in [3.8, 4) is 5.75 Å². The van der Waals surface area contributed by atoms with Gasteiger partial charge in [-0.3, -0.25) is 14.6 Å². The molecule has 0 spiro atoms. The number of nitrogens with one attached hydrogen (secondary N) is 1. The van der Waals surface area contributed by atoms with E-state index in [4.69, 9.17) is 4.74 Å². The molecule has 6 heteroatoms. The molecule has 0 radical (unpaired) electrons. The van der Waals surface area contributed by atoms with Gasteiger partial charge in [0, 0.05) is 25.5 Å². The molecule has 3 rings (SSSR count). The number of carbonyl (C=O) groups is 2. The van der Waals surface area contributed by atoms with Gasteiger partial charge in [-0.1, -0.05) is 48.5 Å². The number of rotatable bonds is 9. The quantitative estimate of drug-likeness (QED) is 0.580. The molecule has 1 heterocycles. The molecule has 0 aliphatic carbocycles. The van der Waals surface area contributed by atoms with Gasteiger partial charge in [-0.2, -0.15) is 0 Å². The van der Waals surface area contributed by atoms with Crippen LogP contribution < -0.4 is 10.1 Å². The largest absolute Gasteiger partial charge is 0.497 e. The predicted molar refractivity (Wildman–Crippen MR) is 119 cm³/mol. The summed E-state index contributed by atoms with van der Waals surface area (Å²) in [5.41, 5.74) is 2.74. The molecule has 6 nitrogen and oxygen atoms in total. The smallest absolute Gasteiger partial charge is 0.242 e. The van der Waals surface area contributed by atoms with Crippen LogP contribution in [0.1, 0.15) is 23.6 Å². The van der Waals surface area contributed by atoms with E-state index in [2.05, 4.69) is 10.3 Å². The van der Waals surface area contributed by atoms with Crippen LogP contribution in [0.2, 0.25) is 0 Å². The van der Waals surface area contributed by atoms with E-state index in [0.717, 1.165) is 22.4 Å². The van der Waals surface area contributed by atoms with E-state index in [-0.39, 0.29) is 18.2 Å². The summed E-state index contributed by atoms with van der Waals surface area (Å²) in [4.78, 5) is 31.7. The lowest BCUT2D eigenvalue weighted by atomic mass is 10.1. The zero-order valence-corrected chi connectivity index (χ0v) is 17.8. The predicted octanol–water partition coefficient (Wildman–Crippen LogP) is 3.37. The molecule has 1 atom stereocenters. The van der Waals surface area contributed by atoms with Crippen LogP contribution in [0, 0.1) is 0 Å². The number of nitrogens with zero attached hydrogens (tertiary/aromatic N) is 2. The summed E-state index contributed by atoms with van der Waals surface area (Å²) >= 11 is 0. The standard InChI is InChI=1S/C25H27N3O3/c1-19(25(30)27-17-22-9-6-14-26-16-22)28(18-21-10-12-23(31-2)13-11-21)24(29)15-20-7-4-3-5-8-20/h3-14,16,19H,15,17-18H2,1-2H3,(H,27,30)/t19-/m0/s1. The minimum absolute atomic E-state index is 0.106. The summed E-state index contributed by atoms with van der Waals surface area (Å²) in [6.07, 6.45) is 3.63. The highest BCUT2D eigenvalue weighted by atomic mass is 16.5. The van der Waals surface area contributed by atoms with Crippen LogP contribution in [0.25, 0.3) is 0 Å². The lowest BCUT2D eigenvalue weighted by Crippen LogP contribution is -2.48. The lowest BCUT2D eigenvalue weighted by molar-refractivity contribution is -0.140. The van der Waals surface area contributed by atoms with Gasteiger partial charge in [0.15, 0.2) is 0 Å². The van der Waals surface area contributed by atoms with Crippen molar-refractivity contribution in [2.24, 2.45) is 0 Å². The molecule has 0 saturated heterocycles. The molecule has 0 saturated carbocycles. The van der Waals surface area contributed by atoms with Gasteiger partial charge in [-0.15, -0.1) is 0 Å². The molecule has 0 unspecified atom stereocenters. The zero-order valence-electron chi connectivity index (χ0n) is 17.8. The summed E-state index contributed by atoms with van der Waals surface area (Å²) in [6, 6.07) is 20.1. The zero-order chi connectivity index (χ0) is 22.1. The molecule has 160 valence electrons. The van der Waals surface area contributed by atoms with Gasteiger partial charge in [0.1, 0.15) is 11.8 Å². The number of ether oxygens (including phenoxy) is 1. The van der Waals surface area contributed by atoms with Crippen molar-refractivity contribution in [2.75, 3.05) is 7.11 Å². The second-order valence-electron chi connectivity index (χ2n) is 7.29. The number of aromatic nitrogens is 1. The summed E-state index contributed by atoms with van der Waals surface area (Å²) < 4.78 is 5.21. The van der Waals surface area contributed by atoms with Gasteiger partial charge < -0.3 is 15.0 Å². The second kappa shape index (κ2) is 10.9. The summed E-state index contributed by atoms with van der Waals surface area (Å²) in [6.45, 7) is 2.45. The van der Waals surface area contributed by atoms with Crippen LogP contribution in [0.5, 0.6) is 5.75 Å². The number of hydrogen-bond acceptors (Lipinski definition) is 4. The van der Waals surface area contributed by atoms with Crippen LogP contribution in [0.3, 0.4) is 0 Å². The Morgan fingerprint density at radius 2 is 1.68 bits per heavy atom. The van der Waals surface area contributed by atoms with Gasteiger partial charge >= 0.3 is 0 Å². The van der Waals surface area contributed by atoms with Gasteiger partial charge in [0.05, 0.1) is 13.5 Å². The SMILES string of the molecule is COc1ccc(CN(C(=O)Cc2ccccc2)[C@@H](C)C(=O)NCc2cccnc2)cc1. The monoisotopic (exact) mass is 417 g/mol. The average Bonchev–Trinajstić information content (AvgIpc) is 2.82. The van der Waals surface area contributed by atoms with Crippen LogP contribution in [-0.4, -0.2) is 34.8 Å². The van der Waals surface area contributed by atoms with E-state index in [1.807, 2.05) is 66.7 Å². The fraction of sp³-hybridized carbons (Fsp3) is 0.240. The first-order valence-electron chi connectivity index (χ1n) is 10.2. The van der Waals surface area contributed by atoms with Gasteiger partial charge in [0.2, 0.25) is 11.8 Å². The van der Waals surface area contributed by atoms with Crippen LogP contribution >= 0.6 is 0 Å². The highest BCUT2D eigenvalue weighted by molar-refractivity contribution is 5.88. The van der Waals surface area contributed by atoms with Crippen molar-refractivity contribution >= 4 is 11.8 Å². The number of carbonyl (C=O) groups excluding carboxylic acids is 2. The number of hydrogen-bond donors (Lipinski definition) is 1. The van der Waals surface area contributed by atoms with E-state index in [0.29, 0.717) is 13.1 Å². The van der Waals surface area contributed by atoms with Crippen molar-refractivity contribution in [3.63, 3.8) is 0 Å². The minimum atomic E-state index is -0.630. The normalized spacial score (nSPS) is 11.4. The van der Waals surface area contributed by atoms with Gasteiger partial charge in [0.25, 0.3) is 0 Å². The first kappa shape index (κ1) is 22.0. The Morgan fingerprint density at radius 1 is 0.968 bits per heavy atom. The molecule has 31 heavy (non-hydrogen) atoms. The molecule has 1 aromatic heterocycles. The van der Waals surface area contributed by atoms with E-state index in [1.54, 1.807) is 31.3 Å². The Kier molecular flexibility index (Phi) is 7.76. The number of pyridine rings is 1. The highest BCUT2D eigenvalue weighted by Crippen LogP contribution is 2.16. The molecule has 2 aromatic carbocycles. The van der Waals surface area contributed by atoms with E-state index in [9.17, 15) is 9.59 Å². The number of methoxy groups -OCH3 is 1. The van der Waals surface area contributed by atoms with Crippen LogP contribution in [0.15, 0.2) is 79.1 Å². The van der Waals surface area contributed by atoms with Crippen molar-refractivity contribution in [1.82, 2.24) is 15.2 Å². The summed E-state index contributed by atoms with van der Waals surface area (Å²) in [5.74, 6) is 0.429. The molecule has 1 N–H and O–H groups in total.